The monoisotopic (exact) mass is 813 g/mol. The molecule has 1 aliphatic rings. The Hall–Kier alpha value is -8.00. The standard InChI is InChI=1S/C55H39N5OSi/c1-58-48-30-12-11-29-47(48)57-54(58)38-18-15-22-41(36-38)61-42-23-16-21-40(37-42)60-52-45(46-28-17-35-56-55(46)60)33-34-51-53(52)59(39-19-5-2-6-20-39)49-31-13-14-32-50(49)62(51,43-24-7-3-8-25-43)44-26-9-4-10-27-44/h2-37H,1H3. The first-order valence-electron chi connectivity index (χ1n) is 21.0. The van der Waals surface area contributed by atoms with E-state index < -0.39 is 8.07 Å². The lowest BCUT2D eigenvalue weighted by Crippen LogP contribution is -2.77. The van der Waals surface area contributed by atoms with Crippen LogP contribution < -0.4 is 30.4 Å². The van der Waals surface area contributed by atoms with Crippen LogP contribution in [0.2, 0.25) is 0 Å². The fraction of sp³-hybridized carbons (Fsp3) is 0.0182. The van der Waals surface area contributed by atoms with E-state index in [0.29, 0.717) is 0 Å². The van der Waals surface area contributed by atoms with Crippen molar-refractivity contribution < 1.29 is 4.74 Å². The van der Waals surface area contributed by atoms with Gasteiger partial charge in [0.15, 0.2) is 8.07 Å². The number of hydrogen-bond donors (Lipinski definition) is 0. The maximum Gasteiger partial charge on any atom is 0.184 e. The van der Waals surface area contributed by atoms with Gasteiger partial charge in [0, 0.05) is 47.0 Å². The molecule has 0 radical (unpaired) electrons. The van der Waals surface area contributed by atoms with Crippen molar-refractivity contribution in [3.05, 3.63) is 219 Å². The van der Waals surface area contributed by atoms with Gasteiger partial charge in [-0.1, -0.05) is 140 Å². The number of hydrogen-bond acceptors (Lipinski definition) is 4. The van der Waals surface area contributed by atoms with Crippen LogP contribution in [0.15, 0.2) is 219 Å². The molecule has 12 rings (SSSR count). The first kappa shape index (κ1) is 35.9. The van der Waals surface area contributed by atoms with Crippen molar-refractivity contribution in [1.29, 1.82) is 0 Å². The molecule has 0 spiro atoms. The predicted molar refractivity (Wildman–Crippen MR) is 257 cm³/mol. The first-order chi connectivity index (χ1) is 30.7. The van der Waals surface area contributed by atoms with Crippen LogP contribution in [0.25, 0.3) is 50.0 Å². The topological polar surface area (TPSA) is 48.1 Å². The summed E-state index contributed by atoms with van der Waals surface area (Å²) in [6.07, 6.45) is 1.90. The fourth-order valence-electron chi connectivity index (χ4n) is 9.88. The molecule has 0 atom stereocenters. The van der Waals surface area contributed by atoms with Gasteiger partial charge in [-0.15, -0.1) is 0 Å². The van der Waals surface area contributed by atoms with Crippen LogP contribution in [0.4, 0.5) is 17.1 Å². The lowest BCUT2D eigenvalue weighted by Gasteiger charge is -2.45. The lowest BCUT2D eigenvalue weighted by atomic mass is 10.1. The van der Waals surface area contributed by atoms with Crippen molar-refractivity contribution >= 4 is 78.9 Å². The average Bonchev–Trinajstić information content (AvgIpc) is 3.86. The van der Waals surface area contributed by atoms with Crippen molar-refractivity contribution in [2.45, 2.75) is 0 Å². The maximum absolute atomic E-state index is 6.74. The highest BCUT2D eigenvalue weighted by Crippen LogP contribution is 2.45. The molecule has 0 saturated carbocycles. The van der Waals surface area contributed by atoms with E-state index in [0.717, 1.165) is 72.9 Å². The van der Waals surface area contributed by atoms with E-state index in [4.69, 9.17) is 14.7 Å². The molecule has 0 bridgehead atoms. The third kappa shape index (κ3) is 5.42. The van der Waals surface area contributed by atoms with Crippen molar-refractivity contribution in [3.63, 3.8) is 0 Å². The number of fused-ring (bicyclic) bond motifs is 7. The highest BCUT2D eigenvalue weighted by atomic mass is 28.3. The van der Waals surface area contributed by atoms with Crippen LogP contribution in [-0.4, -0.2) is 27.2 Å². The minimum atomic E-state index is -2.96. The van der Waals surface area contributed by atoms with Crippen LogP contribution in [-0.2, 0) is 7.05 Å². The van der Waals surface area contributed by atoms with Gasteiger partial charge in [-0.25, -0.2) is 9.97 Å². The second kappa shape index (κ2) is 14.3. The van der Waals surface area contributed by atoms with Gasteiger partial charge in [0.05, 0.1) is 27.9 Å². The SMILES string of the molecule is Cn1c(-c2cccc(Oc3cccc(-n4c5ncccc5c5ccc6c(c54)N(c4ccccc4)c4ccccc4[Si]6(c4ccccc4)c4ccccc4)c3)c2)nc2ccccc21. The second-order valence-corrected chi connectivity index (χ2v) is 19.6. The molecule has 0 fully saturated rings. The fourth-order valence-corrected chi connectivity index (χ4v) is 15.0. The number of ether oxygens (including phenoxy) is 1. The highest BCUT2D eigenvalue weighted by Gasteiger charge is 2.49. The van der Waals surface area contributed by atoms with Gasteiger partial charge in [-0.3, -0.25) is 4.57 Å². The third-order valence-corrected chi connectivity index (χ3v) is 17.3. The maximum atomic E-state index is 6.74. The van der Waals surface area contributed by atoms with E-state index in [9.17, 15) is 0 Å². The smallest absolute Gasteiger partial charge is 0.184 e. The van der Waals surface area contributed by atoms with Crippen molar-refractivity contribution in [3.8, 4) is 28.6 Å². The van der Waals surface area contributed by atoms with E-state index in [1.54, 1.807) is 0 Å². The quantitative estimate of drug-likeness (QED) is 0.150. The van der Waals surface area contributed by atoms with Gasteiger partial charge in [0.25, 0.3) is 0 Å². The summed E-state index contributed by atoms with van der Waals surface area (Å²) in [7, 11) is -0.899. The molecule has 8 aromatic carbocycles. The number of aromatic nitrogens is 4. The van der Waals surface area contributed by atoms with Gasteiger partial charge >= 0.3 is 0 Å². The summed E-state index contributed by atoms with van der Waals surface area (Å²) in [5.74, 6) is 2.35. The molecule has 3 aromatic heterocycles. The van der Waals surface area contributed by atoms with Crippen LogP contribution in [0, 0.1) is 0 Å². The summed E-state index contributed by atoms with van der Waals surface area (Å²) in [6, 6.07) is 76.1. The number of para-hydroxylation sites is 4. The summed E-state index contributed by atoms with van der Waals surface area (Å²) >= 11 is 0. The number of aryl methyl sites for hydroxylation is 1. The summed E-state index contributed by atoms with van der Waals surface area (Å²) in [5.41, 5.74) is 9.42. The second-order valence-electron chi connectivity index (χ2n) is 15.8. The van der Waals surface area contributed by atoms with E-state index in [-0.39, 0.29) is 0 Å². The molecule has 11 aromatic rings. The number of anilines is 3. The molecule has 294 valence electrons. The normalized spacial score (nSPS) is 13.0. The number of imidazole rings is 1. The Morgan fingerprint density at radius 3 is 1.95 bits per heavy atom. The summed E-state index contributed by atoms with van der Waals surface area (Å²) in [6.45, 7) is 0. The van der Waals surface area contributed by atoms with Gasteiger partial charge < -0.3 is 14.2 Å². The summed E-state index contributed by atoms with van der Waals surface area (Å²) < 4.78 is 11.2. The van der Waals surface area contributed by atoms with Gasteiger partial charge in [0.1, 0.15) is 23.0 Å². The number of nitrogens with zero attached hydrogens (tertiary/aromatic N) is 5. The minimum Gasteiger partial charge on any atom is -0.457 e. The Bertz CT molecular complexity index is 3430. The van der Waals surface area contributed by atoms with Gasteiger partial charge in [0.2, 0.25) is 0 Å². The number of benzene rings is 8. The zero-order valence-electron chi connectivity index (χ0n) is 33.9. The first-order valence-corrected chi connectivity index (χ1v) is 23.0. The van der Waals surface area contributed by atoms with Crippen LogP contribution in [0.3, 0.4) is 0 Å². The Morgan fingerprint density at radius 2 is 1.18 bits per heavy atom. The molecule has 6 nitrogen and oxygen atoms in total. The van der Waals surface area contributed by atoms with Crippen LogP contribution >= 0.6 is 0 Å². The Balaban J connectivity index is 1.11. The van der Waals surface area contributed by atoms with E-state index in [1.807, 2.05) is 42.6 Å². The third-order valence-electron chi connectivity index (χ3n) is 12.5. The molecule has 1 aliphatic heterocycles. The molecule has 4 heterocycles. The van der Waals surface area contributed by atoms with Crippen LogP contribution in [0.1, 0.15) is 0 Å². The summed E-state index contributed by atoms with van der Waals surface area (Å²) in [4.78, 5) is 12.6. The Kier molecular flexibility index (Phi) is 8.30. The molecular weight excluding hydrogens is 775 g/mol. The highest BCUT2D eigenvalue weighted by molar-refractivity contribution is 7.21. The average molecular weight is 814 g/mol. The summed E-state index contributed by atoms with van der Waals surface area (Å²) in [5, 5.41) is 7.57. The number of pyridine rings is 1. The van der Waals surface area contributed by atoms with E-state index in [1.165, 1.54) is 26.4 Å². The van der Waals surface area contributed by atoms with E-state index in [2.05, 4.69) is 197 Å². The Labute approximate surface area is 360 Å². The number of rotatable bonds is 7. The molecule has 7 heteroatoms. The van der Waals surface area contributed by atoms with Crippen molar-refractivity contribution in [2.75, 3.05) is 4.90 Å². The van der Waals surface area contributed by atoms with Crippen molar-refractivity contribution in [2.24, 2.45) is 7.05 Å². The minimum absolute atomic E-state index is 0.725. The van der Waals surface area contributed by atoms with Gasteiger partial charge in [-0.2, -0.15) is 0 Å². The van der Waals surface area contributed by atoms with Crippen LogP contribution in [0.5, 0.6) is 11.5 Å². The molecule has 0 unspecified atom stereocenters. The lowest BCUT2D eigenvalue weighted by molar-refractivity contribution is 0.482. The van der Waals surface area contributed by atoms with Gasteiger partial charge in [-0.05, 0) is 87.5 Å². The zero-order chi connectivity index (χ0) is 41.2. The zero-order valence-corrected chi connectivity index (χ0v) is 34.9. The molecule has 0 aliphatic carbocycles. The van der Waals surface area contributed by atoms with Crippen molar-refractivity contribution in [1.82, 2.24) is 19.1 Å². The van der Waals surface area contributed by atoms with E-state index >= 15 is 0 Å². The predicted octanol–water partition coefficient (Wildman–Crippen LogP) is 10.7. The molecular formula is C55H39N5OSi. The largest absolute Gasteiger partial charge is 0.457 e. The molecule has 0 amide bonds. The molecule has 0 saturated heterocycles. The Morgan fingerprint density at radius 1 is 0.516 bits per heavy atom. The molecule has 0 N–H and O–H groups in total. The molecule has 62 heavy (non-hydrogen) atoms.